The van der Waals surface area contributed by atoms with Crippen LogP contribution in [0.4, 0.5) is 5.69 Å². The van der Waals surface area contributed by atoms with E-state index in [-0.39, 0.29) is 12.6 Å². The highest BCUT2D eigenvalue weighted by molar-refractivity contribution is 6.39. The molecule has 8 nitrogen and oxygen atoms in total. The fourth-order valence-corrected chi connectivity index (χ4v) is 2.65. The van der Waals surface area contributed by atoms with E-state index >= 15 is 0 Å². The number of carbonyl (C=O) groups is 2. The van der Waals surface area contributed by atoms with Gasteiger partial charge in [-0.05, 0) is 30.3 Å². The van der Waals surface area contributed by atoms with Crippen molar-refractivity contribution < 1.29 is 19.1 Å². The van der Waals surface area contributed by atoms with Crippen molar-refractivity contribution in [3.8, 4) is 11.5 Å². The van der Waals surface area contributed by atoms with Crippen LogP contribution in [0.15, 0.2) is 48.8 Å². The lowest BCUT2D eigenvalue weighted by Crippen LogP contribution is -2.44. The molecule has 1 aliphatic rings. The monoisotopic (exact) mass is 352 g/mol. The zero-order valence-electron chi connectivity index (χ0n) is 13.7. The highest BCUT2D eigenvalue weighted by atomic mass is 16.6. The lowest BCUT2D eigenvalue weighted by atomic mass is 10.2. The number of rotatable bonds is 3. The highest BCUT2D eigenvalue weighted by Crippen LogP contribution is 2.30. The number of fused-ring (bicyclic) bond motifs is 2. The number of hydrogen-bond donors (Lipinski definition) is 3. The molecule has 1 unspecified atom stereocenters. The molecule has 2 aromatic carbocycles. The molecule has 0 bridgehead atoms. The normalized spacial score (nSPS) is 15.5. The van der Waals surface area contributed by atoms with E-state index in [0.29, 0.717) is 23.8 Å². The Labute approximate surface area is 148 Å². The van der Waals surface area contributed by atoms with Gasteiger partial charge >= 0.3 is 11.8 Å². The number of benzene rings is 2. The molecule has 132 valence electrons. The van der Waals surface area contributed by atoms with E-state index < -0.39 is 11.8 Å². The van der Waals surface area contributed by atoms with Crippen molar-refractivity contribution >= 4 is 28.5 Å². The molecule has 1 aliphatic heterocycles. The molecule has 26 heavy (non-hydrogen) atoms. The number of aromatic nitrogens is 2. The van der Waals surface area contributed by atoms with Crippen LogP contribution in [0.1, 0.15) is 0 Å². The van der Waals surface area contributed by atoms with Crippen molar-refractivity contribution in [3.63, 3.8) is 0 Å². The number of anilines is 1. The van der Waals surface area contributed by atoms with Gasteiger partial charge in [-0.1, -0.05) is 12.1 Å². The second kappa shape index (κ2) is 6.75. The summed E-state index contributed by atoms with van der Waals surface area (Å²) in [6, 6.07) is 12.5. The number of nitrogens with zero attached hydrogens (tertiary/aromatic N) is 1. The lowest BCUT2D eigenvalue weighted by molar-refractivity contribution is -0.136. The van der Waals surface area contributed by atoms with Crippen LogP contribution < -0.4 is 20.1 Å². The van der Waals surface area contributed by atoms with Crippen molar-refractivity contribution in [2.75, 3.05) is 18.5 Å². The first-order chi connectivity index (χ1) is 12.7. The van der Waals surface area contributed by atoms with Crippen LogP contribution in [0.25, 0.3) is 11.0 Å². The number of carbonyl (C=O) groups excluding carboxylic acids is 2. The van der Waals surface area contributed by atoms with Crippen LogP contribution in [-0.2, 0) is 9.59 Å². The average molecular weight is 352 g/mol. The molecule has 0 spiro atoms. The maximum absolute atomic E-state index is 12.0. The molecular formula is C18H16N4O4. The molecule has 0 aliphatic carbocycles. The predicted octanol–water partition coefficient (Wildman–Crippen LogP) is 1.46. The summed E-state index contributed by atoms with van der Waals surface area (Å²) in [5.74, 6) is -0.199. The fraction of sp³-hybridized carbons (Fsp3) is 0.167. The summed E-state index contributed by atoms with van der Waals surface area (Å²) < 4.78 is 11.3. The molecule has 3 N–H and O–H groups in total. The van der Waals surface area contributed by atoms with E-state index in [1.807, 2.05) is 18.2 Å². The Morgan fingerprint density at radius 1 is 1.15 bits per heavy atom. The summed E-state index contributed by atoms with van der Waals surface area (Å²) in [4.78, 5) is 31.1. The molecule has 2 amide bonds. The van der Waals surface area contributed by atoms with Crippen LogP contribution in [0.3, 0.4) is 0 Å². The number of hydrogen-bond acceptors (Lipinski definition) is 5. The number of aromatic amines is 1. The second-order valence-electron chi connectivity index (χ2n) is 5.80. The van der Waals surface area contributed by atoms with Crippen molar-refractivity contribution in [2.24, 2.45) is 0 Å². The topological polar surface area (TPSA) is 105 Å². The lowest BCUT2D eigenvalue weighted by Gasteiger charge is -2.26. The van der Waals surface area contributed by atoms with Crippen molar-refractivity contribution in [1.82, 2.24) is 15.3 Å². The maximum Gasteiger partial charge on any atom is 0.313 e. The van der Waals surface area contributed by atoms with Crippen LogP contribution in [0.2, 0.25) is 0 Å². The molecule has 1 aromatic heterocycles. The van der Waals surface area contributed by atoms with Gasteiger partial charge in [0.2, 0.25) is 0 Å². The van der Waals surface area contributed by atoms with E-state index in [0.717, 1.165) is 11.0 Å². The van der Waals surface area contributed by atoms with Gasteiger partial charge in [-0.25, -0.2) is 4.98 Å². The third-order valence-electron chi connectivity index (χ3n) is 3.94. The fourth-order valence-electron chi connectivity index (χ4n) is 2.65. The van der Waals surface area contributed by atoms with Gasteiger partial charge < -0.3 is 25.1 Å². The van der Waals surface area contributed by atoms with Crippen molar-refractivity contribution in [2.45, 2.75) is 6.10 Å². The Hall–Kier alpha value is -3.55. The van der Waals surface area contributed by atoms with Gasteiger partial charge in [0.05, 0.1) is 23.9 Å². The first-order valence-corrected chi connectivity index (χ1v) is 8.10. The van der Waals surface area contributed by atoms with Crippen LogP contribution in [0, 0.1) is 0 Å². The van der Waals surface area contributed by atoms with Gasteiger partial charge in [-0.15, -0.1) is 0 Å². The van der Waals surface area contributed by atoms with Gasteiger partial charge in [0.25, 0.3) is 0 Å². The maximum atomic E-state index is 12.0. The van der Waals surface area contributed by atoms with E-state index in [9.17, 15) is 9.59 Å². The number of para-hydroxylation sites is 2. The number of H-pyrrole nitrogens is 1. The number of imidazole rings is 1. The number of ether oxygens (including phenoxy) is 2. The minimum absolute atomic E-state index is 0.167. The van der Waals surface area contributed by atoms with Crippen LogP contribution in [0.5, 0.6) is 11.5 Å². The molecule has 0 radical (unpaired) electrons. The Morgan fingerprint density at radius 2 is 2.00 bits per heavy atom. The molecule has 0 saturated carbocycles. The molecule has 3 aromatic rings. The van der Waals surface area contributed by atoms with Crippen molar-refractivity contribution in [1.29, 1.82) is 0 Å². The SMILES string of the molecule is O=C(NCC1COc2ccccc2O1)C(=O)Nc1ccc2nc[nH]c2c1. The molecule has 8 heteroatoms. The molecule has 1 atom stereocenters. The standard InChI is InChI=1S/C18H16N4O4/c23-17(18(24)22-11-5-6-13-14(7-11)21-10-20-13)19-8-12-9-25-15-3-1-2-4-16(15)26-12/h1-7,10,12H,8-9H2,(H,19,23)(H,20,21)(H,22,24). The Morgan fingerprint density at radius 3 is 2.88 bits per heavy atom. The molecule has 0 saturated heterocycles. The van der Waals surface area contributed by atoms with Gasteiger partial charge in [0.15, 0.2) is 11.5 Å². The van der Waals surface area contributed by atoms with Gasteiger partial charge in [0.1, 0.15) is 12.7 Å². The minimum atomic E-state index is -0.749. The second-order valence-corrected chi connectivity index (χ2v) is 5.80. The third-order valence-corrected chi connectivity index (χ3v) is 3.94. The first-order valence-electron chi connectivity index (χ1n) is 8.10. The predicted molar refractivity (Wildman–Crippen MR) is 94.1 cm³/mol. The third kappa shape index (κ3) is 3.30. The largest absolute Gasteiger partial charge is 0.486 e. The molecule has 0 fully saturated rings. The van der Waals surface area contributed by atoms with Gasteiger partial charge in [-0.2, -0.15) is 0 Å². The number of amides is 2. The average Bonchev–Trinajstić information content (AvgIpc) is 3.13. The minimum Gasteiger partial charge on any atom is -0.486 e. The van der Waals surface area contributed by atoms with E-state index in [1.54, 1.807) is 30.6 Å². The molecule has 2 heterocycles. The summed E-state index contributed by atoms with van der Waals surface area (Å²) in [5, 5.41) is 5.12. The Kier molecular flexibility index (Phi) is 4.14. The Bertz CT molecular complexity index is 968. The first kappa shape index (κ1) is 15.9. The van der Waals surface area contributed by atoms with E-state index in [1.165, 1.54) is 0 Å². The summed E-state index contributed by atoms with van der Waals surface area (Å²) in [7, 11) is 0. The quantitative estimate of drug-likeness (QED) is 0.619. The highest BCUT2D eigenvalue weighted by Gasteiger charge is 2.22. The smallest absolute Gasteiger partial charge is 0.313 e. The molecule has 4 rings (SSSR count). The zero-order chi connectivity index (χ0) is 17.9. The van der Waals surface area contributed by atoms with E-state index in [2.05, 4.69) is 20.6 Å². The van der Waals surface area contributed by atoms with Crippen molar-refractivity contribution in [3.05, 3.63) is 48.8 Å². The van der Waals surface area contributed by atoms with Crippen LogP contribution >= 0.6 is 0 Å². The summed E-state index contributed by atoms with van der Waals surface area (Å²) in [6.07, 6.45) is 1.20. The summed E-state index contributed by atoms with van der Waals surface area (Å²) >= 11 is 0. The summed E-state index contributed by atoms with van der Waals surface area (Å²) in [6.45, 7) is 0.468. The zero-order valence-corrected chi connectivity index (χ0v) is 13.7. The number of nitrogens with one attached hydrogen (secondary N) is 3. The van der Waals surface area contributed by atoms with Gasteiger partial charge in [0, 0.05) is 5.69 Å². The van der Waals surface area contributed by atoms with Gasteiger partial charge in [-0.3, -0.25) is 9.59 Å². The van der Waals surface area contributed by atoms with E-state index in [4.69, 9.17) is 9.47 Å². The summed E-state index contributed by atoms with van der Waals surface area (Å²) in [5.41, 5.74) is 2.06. The van der Waals surface area contributed by atoms with Crippen LogP contribution in [-0.4, -0.2) is 41.0 Å². The Balaban J connectivity index is 1.31. The molecular weight excluding hydrogens is 336 g/mol.